The standard InChI is InChI=1S/C25H30Si/c1-4-11-21(12-5-1)19-23-15-10-18-25(23)26(24-16-8-3-9-17-24)20-22-13-6-2-7-14-22/h1,3-5,8-12,15-17,22,26H,2,6-7,13-14,18-20H2. The van der Waals surface area contributed by atoms with E-state index in [0.29, 0.717) is 0 Å². The van der Waals surface area contributed by atoms with E-state index in [-0.39, 0.29) is 0 Å². The highest BCUT2D eigenvalue weighted by atomic mass is 28.3. The van der Waals surface area contributed by atoms with E-state index in [4.69, 9.17) is 0 Å². The molecule has 0 heterocycles. The van der Waals surface area contributed by atoms with E-state index < -0.39 is 8.80 Å². The molecule has 0 amide bonds. The van der Waals surface area contributed by atoms with Crippen molar-refractivity contribution in [3.05, 3.63) is 89.1 Å². The first-order chi connectivity index (χ1) is 12.9. The van der Waals surface area contributed by atoms with Gasteiger partial charge in [0.15, 0.2) is 0 Å². The average molecular weight is 359 g/mol. The van der Waals surface area contributed by atoms with Crippen LogP contribution in [-0.4, -0.2) is 8.80 Å². The highest BCUT2D eigenvalue weighted by Gasteiger charge is 2.27. The topological polar surface area (TPSA) is 0 Å². The van der Waals surface area contributed by atoms with Crippen molar-refractivity contribution in [2.24, 2.45) is 5.92 Å². The van der Waals surface area contributed by atoms with Gasteiger partial charge in [-0.15, -0.1) is 0 Å². The summed E-state index contributed by atoms with van der Waals surface area (Å²) in [7, 11) is -1.10. The molecule has 134 valence electrons. The zero-order valence-corrected chi connectivity index (χ0v) is 16.9. The lowest BCUT2D eigenvalue weighted by Crippen LogP contribution is -2.35. The van der Waals surface area contributed by atoms with E-state index in [9.17, 15) is 0 Å². The predicted octanol–water partition coefficient (Wildman–Crippen LogP) is 5.74. The van der Waals surface area contributed by atoms with E-state index in [1.54, 1.807) is 10.8 Å². The maximum absolute atomic E-state index is 2.42. The zero-order chi connectivity index (χ0) is 17.6. The van der Waals surface area contributed by atoms with Crippen LogP contribution in [0.25, 0.3) is 0 Å². The molecule has 2 aromatic rings. The van der Waals surface area contributed by atoms with Crippen molar-refractivity contribution in [2.75, 3.05) is 0 Å². The SMILES string of the molecule is C1=CC(Cc2ccccc2)=C([SiH](CC2CCCCC2)c2ccccc2)C1. The minimum absolute atomic E-state index is 0.965. The molecule has 2 aliphatic rings. The van der Waals surface area contributed by atoms with E-state index in [1.165, 1.54) is 50.1 Å². The van der Waals surface area contributed by atoms with Crippen LogP contribution >= 0.6 is 0 Å². The summed E-state index contributed by atoms with van der Waals surface area (Å²) in [6, 6.07) is 24.0. The summed E-state index contributed by atoms with van der Waals surface area (Å²) in [6.07, 6.45) is 14.4. The van der Waals surface area contributed by atoms with Crippen molar-refractivity contribution >= 4 is 14.0 Å². The van der Waals surface area contributed by atoms with Crippen LogP contribution in [0.15, 0.2) is 83.6 Å². The molecule has 1 atom stereocenters. The summed E-state index contributed by atoms with van der Waals surface area (Å²) in [5.74, 6) is 0.965. The summed E-state index contributed by atoms with van der Waals surface area (Å²) >= 11 is 0. The van der Waals surface area contributed by atoms with Crippen LogP contribution in [0.2, 0.25) is 6.04 Å². The lowest BCUT2D eigenvalue weighted by Gasteiger charge is -2.28. The molecule has 1 saturated carbocycles. The molecular weight excluding hydrogens is 328 g/mol. The van der Waals surface area contributed by atoms with Gasteiger partial charge in [0.05, 0.1) is 8.80 Å². The Labute approximate surface area is 160 Å². The summed E-state index contributed by atoms with van der Waals surface area (Å²) in [5.41, 5.74) is 3.07. The molecule has 0 nitrogen and oxygen atoms in total. The highest BCUT2D eigenvalue weighted by Crippen LogP contribution is 2.33. The molecule has 2 aliphatic carbocycles. The monoisotopic (exact) mass is 358 g/mol. The lowest BCUT2D eigenvalue weighted by atomic mass is 9.91. The maximum Gasteiger partial charge on any atom is 0.0986 e. The van der Waals surface area contributed by atoms with Gasteiger partial charge in [-0.25, -0.2) is 0 Å². The molecule has 0 bridgehead atoms. The van der Waals surface area contributed by atoms with Gasteiger partial charge in [-0.1, -0.05) is 115 Å². The molecule has 26 heavy (non-hydrogen) atoms. The van der Waals surface area contributed by atoms with Gasteiger partial charge in [0.2, 0.25) is 0 Å². The molecule has 1 fully saturated rings. The minimum atomic E-state index is -1.10. The Morgan fingerprint density at radius 1 is 0.808 bits per heavy atom. The molecule has 2 aromatic carbocycles. The van der Waals surface area contributed by atoms with Gasteiger partial charge in [-0.3, -0.25) is 0 Å². The third-order valence-corrected chi connectivity index (χ3v) is 10.00. The molecule has 1 heteroatoms. The maximum atomic E-state index is 2.42. The van der Waals surface area contributed by atoms with Crippen molar-refractivity contribution < 1.29 is 0 Å². The van der Waals surface area contributed by atoms with E-state index >= 15 is 0 Å². The molecule has 0 aromatic heterocycles. The predicted molar refractivity (Wildman–Crippen MR) is 116 cm³/mol. The summed E-state index contributed by atoms with van der Waals surface area (Å²) in [4.78, 5) is 0. The molecule has 0 radical (unpaired) electrons. The fourth-order valence-electron chi connectivity index (χ4n) is 4.84. The Hall–Kier alpha value is -1.86. The van der Waals surface area contributed by atoms with Crippen LogP contribution in [0, 0.1) is 5.92 Å². The van der Waals surface area contributed by atoms with Gasteiger partial charge in [0.25, 0.3) is 0 Å². The second-order valence-corrected chi connectivity index (χ2v) is 11.0. The first-order valence-corrected chi connectivity index (χ1v) is 12.3. The van der Waals surface area contributed by atoms with Gasteiger partial charge in [0.1, 0.15) is 0 Å². The van der Waals surface area contributed by atoms with Crippen LogP contribution in [0.5, 0.6) is 0 Å². The number of benzene rings is 2. The Balaban J connectivity index is 1.62. The quantitative estimate of drug-likeness (QED) is 0.578. The third-order valence-electron chi connectivity index (χ3n) is 6.22. The first-order valence-electron chi connectivity index (χ1n) is 10.4. The van der Waals surface area contributed by atoms with E-state index in [0.717, 1.165) is 12.3 Å². The molecule has 0 aliphatic heterocycles. The fourth-order valence-corrected chi connectivity index (χ4v) is 8.69. The van der Waals surface area contributed by atoms with Crippen LogP contribution < -0.4 is 5.19 Å². The molecule has 0 N–H and O–H groups in total. The number of hydrogen-bond acceptors (Lipinski definition) is 0. The van der Waals surface area contributed by atoms with Crippen molar-refractivity contribution in [1.29, 1.82) is 0 Å². The van der Waals surface area contributed by atoms with E-state index in [2.05, 4.69) is 72.8 Å². The van der Waals surface area contributed by atoms with Crippen LogP contribution in [0.3, 0.4) is 0 Å². The summed E-state index contributed by atoms with van der Waals surface area (Å²) < 4.78 is 0. The van der Waals surface area contributed by atoms with Crippen LogP contribution in [0.1, 0.15) is 44.1 Å². The zero-order valence-electron chi connectivity index (χ0n) is 15.7. The second-order valence-electron chi connectivity index (χ2n) is 8.02. The molecule has 1 unspecified atom stereocenters. The molecule has 0 spiro atoms. The van der Waals surface area contributed by atoms with E-state index in [1.807, 2.05) is 5.20 Å². The van der Waals surface area contributed by atoms with Crippen LogP contribution in [0.4, 0.5) is 0 Å². The first kappa shape index (κ1) is 17.5. The van der Waals surface area contributed by atoms with Gasteiger partial charge in [-0.2, -0.15) is 0 Å². The highest BCUT2D eigenvalue weighted by molar-refractivity contribution is 6.80. The minimum Gasteiger partial charge on any atom is -0.0806 e. The summed E-state index contributed by atoms with van der Waals surface area (Å²) in [5, 5.41) is 3.47. The lowest BCUT2D eigenvalue weighted by molar-refractivity contribution is 0.384. The molecule has 4 rings (SSSR count). The fraction of sp³-hybridized carbons (Fsp3) is 0.360. The average Bonchev–Trinajstić information content (AvgIpc) is 3.16. The molecule has 0 saturated heterocycles. The van der Waals surface area contributed by atoms with Gasteiger partial charge >= 0.3 is 0 Å². The number of allylic oxidation sites excluding steroid dienone is 4. The Morgan fingerprint density at radius 2 is 1.50 bits per heavy atom. The number of rotatable bonds is 6. The largest absolute Gasteiger partial charge is 0.0986 e. The third kappa shape index (κ3) is 4.27. The van der Waals surface area contributed by atoms with Crippen molar-refractivity contribution in [3.63, 3.8) is 0 Å². The van der Waals surface area contributed by atoms with Crippen LogP contribution in [-0.2, 0) is 6.42 Å². The van der Waals surface area contributed by atoms with Gasteiger partial charge < -0.3 is 0 Å². The Kier molecular flexibility index (Phi) is 5.86. The normalized spacial score (nSPS) is 19.1. The van der Waals surface area contributed by atoms with Gasteiger partial charge in [-0.05, 0) is 35.9 Å². The Morgan fingerprint density at radius 3 is 2.23 bits per heavy atom. The second kappa shape index (κ2) is 8.68. The molecular formula is C25H30Si. The van der Waals surface area contributed by atoms with Gasteiger partial charge in [0, 0.05) is 0 Å². The smallest absolute Gasteiger partial charge is 0.0806 e. The Bertz CT molecular complexity index is 751. The summed E-state index contributed by atoms with van der Waals surface area (Å²) in [6.45, 7) is 0. The van der Waals surface area contributed by atoms with Crippen molar-refractivity contribution in [1.82, 2.24) is 0 Å². The van der Waals surface area contributed by atoms with Crippen molar-refractivity contribution in [2.45, 2.75) is 51.0 Å². The van der Waals surface area contributed by atoms with Crippen molar-refractivity contribution in [3.8, 4) is 0 Å². The number of hydrogen-bond donors (Lipinski definition) is 0.